The minimum absolute atomic E-state index is 0. The van der Waals surface area contributed by atoms with Crippen LogP contribution >= 0.6 is 23.2 Å². The molecule has 0 amide bonds. The van der Waals surface area contributed by atoms with Crippen LogP contribution in [0.4, 0.5) is 0 Å². The number of aromatic nitrogens is 2. The van der Waals surface area contributed by atoms with E-state index in [0.717, 1.165) is 44.5 Å². The average Bonchev–Trinajstić information content (AvgIpc) is 2.43. The first-order valence-corrected chi connectivity index (χ1v) is 7.46. The van der Waals surface area contributed by atoms with E-state index in [1.165, 1.54) is 0 Å². The van der Waals surface area contributed by atoms with Crippen molar-refractivity contribution in [1.82, 2.24) is 4.98 Å². The minimum Gasteiger partial charge on any atom is -1.00 e. The van der Waals surface area contributed by atoms with E-state index < -0.39 is 0 Å². The van der Waals surface area contributed by atoms with Crippen molar-refractivity contribution in [1.29, 1.82) is 0 Å². The Hall–Kier alpha value is -0.650. The van der Waals surface area contributed by atoms with Crippen molar-refractivity contribution in [3.8, 4) is 0 Å². The van der Waals surface area contributed by atoms with E-state index in [1.54, 1.807) is 0 Å². The summed E-state index contributed by atoms with van der Waals surface area (Å²) < 4.78 is 2.08. The van der Waals surface area contributed by atoms with E-state index in [1.807, 2.05) is 32.3 Å². The molecule has 0 aliphatic carbocycles. The Bertz CT molecular complexity index is 818. The van der Waals surface area contributed by atoms with E-state index in [4.69, 9.17) is 28.2 Å². The lowest BCUT2D eigenvalue weighted by molar-refractivity contribution is -0.644. The van der Waals surface area contributed by atoms with Crippen LogP contribution in [-0.4, -0.2) is 10.9 Å². The van der Waals surface area contributed by atoms with Crippen LogP contribution in [0.5, 0.6) is 0 Å². The zero-order valence-electron chi connectivity index (χ0n) is 11.8. The van der Waals surface area contributed by atoms with Gasteiger partial charge >= 0.3 is 0 Å². The normalized spacial score (nSPS) is 10.9. The van der Waals surface area contributed by atoms with Crippen molar-refractivity contribution in [2.24, 2.45) is 7.05 Å². The monoisotopic (exact) mass is 432 g/mol. The first-order chi connectivity index (χ1) is 9.63. The predicted molar refractivity (Wildman–Crippen MR) is 84.6 cm³/mol. The van der Waals surface area contributed by atoms with Gasteiger partial charge in [-0.05, 0) is 31.0 Å². The molecule has 0 aliphatic heterocycles. The minimum atomic E-state index is 0. The fraction of sp³-hybridized carbons (Fsp3) is 0.250. The summed E-state index contributed by atoms with van der Waals surface area (Å²) in [5, 5.41) is 2.93. The fourth-order valence-electron chi connectivity index (χ4n) is 2.68. The van der Waals surface area contributed by atoms with Crippen molar-refractivity contribution in [2.75, 3.05) is 5.88 Å². The highest BCUT2D eigenvalue weighted by Gasteiger charge is 2.16. The van der Waals surface area contributed by atoms with E-state index in [9.17, 15) is 0 Å². The van der Waals surface area contributed by atoms with Gasteiger partial charge in [0.15, 0.2) is 6.20 Å². The van der Waals surface area contributed by atoms with Gasteiger partial charge in [-0.1, -0.05) is 17.7 Å². The maximum Gasteiger partial charge on any atom is 0.238 e. The molecule has 110 valence electrons. The Morgan fingerprint density at radius 2 is 2.00 bits per heavy atom. The van der Waals surface area contributed by atoms with Crippen LogP contribution in [0.3, 0.4) is 0 Å². The molecule has 0 fully saturated rings. The van der Waals surface area contributed by atoms with Crippen LogP contribution < -0.4 is 28.5 Å². The van der Waals surface area contributed by atoms with Gasteiger partial charge in [-0.15, -0.1) is 11.6 Å². The van der Waals surface area contributed by atoms with Crippen molar-refractivity contribution in [3.63, 3.8) is 0 Å². The van der Waals surface area contributed by atoms with Gasteiger partial charge in [0.1, 0.15) is 12.6 Å². The number of benzene rings is 1. The van der Waals surface area contributed by atoms with Crippen molar-refractivity contribution in [3.05, 3.63) is 46.7 Å². The van der Waals surface area contributed by atoms with Gasteiger partial charge in [0, 0.05) is 28.4 Å². The van der Waals surface area contributed by atoms with Crippen LogP contribution in [0.1, 0.15) is 11.3 Å². The molecular formula is C16H15Cl2IN2. The molecule has 0 bridgehead atoms. The summed E-state index contributed by atoms with van der Waals surface area (Å²) >= 11 is 12.4. The van der Waals surface area contributed by atoms with Crippen molar-refractivity contribution in [2.45, 2.75) is 13.3 Å². The summed E-state index contributed by atoms with van der Waals surface area (Å²) in [6.45, 7) is 2.00. The Balaban J connectivity index is 0.00000161. The number of aryl methyl sites for hydroxylation is 2. The van der Waals surface area contributed by atoms with Crippen LogP contribution in [0.2, 0.25) is 5.02 Å². The maximum absolute atomic E-state index is 6.57. The third-order valence-electron chi connectivity index (χ3n) is 3.68. The number of halogens is 3. The molecule has 3 rings (SSSR count). The molecule has 0 radical (unpaired) electrons. The third kappa shape index (κ3) is 2.83. The van der Waals surface area contributed by atoms with Gasteiger partial charge in [0.2, 0.25) is 5.52 Å². The number of rotatable bonds is 2. The molecule has 0 atom stereocenters. The Kier molecular flexibility index (Phi) is 5.28. The number of pyridine rings is 2. The number of hydrogen-bond donors (Lipinski definition) is 0. The first kappa shape index (κ1) is 16.7. The lowest BCUT2D eigenvalue weighted by Crippen LogP contribution is -3.00. The first-order valence-electron chi connectivity index (χ1n) is 6.55. The summed E-state index contributed by atoms with van der Waals surface area (Å²) in [5.41, 5.74) is 4.06. The standard InChI is InChI=1S/C16H15Cl2N2.HI/c1-10-12(7-8-17)14(18)13-6-5-11-4-3-9-20(2)16(11)15(13)19-10;/h3-6,9H,7-8H2,1-2H3;1H/q+1;/p-1. The highest BCUT2D eigenvalue weighted by atomic mass is 127. The smallest absolute Gasteiger partial charge is 0.238 e. The van der Waals surface area contributed by atoms with Crippen LogP contribution in [0, 0.1) is 6.92 Å². The molecule has 0 aliphatic rings. The topological polar surface area (TPSA) is 16.8 Å². The highest BCUT2D eigenvalue weighted by molar-refractivity contribution is 6.37. The average molecular weight is 433 g/mol. The van der Waals surface area contributed by atoms with E-state index in [0.29, 0.717) is 5.88 Å². The summed E-state index contributed by atoms with van der Waals surface area (Å²) in [5.74, 6) is 0.551. The summed E-state index contributed by atoms with van der Waals surface area (Å²) in [6, 6.07) is 8.26. The van der Waals surface area contributed by atoms with Crippen LogP contribution in [-0.2, 0) is 13.5 Å². The predicted octanol–water partition coefficient (Wildman–Crippen LogP) is 0.960. The molecule has 2 heterocycles. The zero-order chi connectivity index (χ0) is 14.3. The van der Waals surface area contributed by atoms with Gasteiger partial charge in [0.25, 0.3) is 0 Å². The Morgan fingerprint density at radius 3 is 2.71 bits per heavy atom. The molecule has 5 heteroatoms. The number of nitrogens with zero attached hydrogens (tertiary/aromatic N) is 2. The van der Waals surface area contributed by atoms with Gasteiger partial charge in [0.05, 0.1) is 5.02 Å². The second-order valence-electron chi connectivity index (χ2n) is 4.95. The second-order valence-corrected chi connectivity index (χ2v) is 5.70. The molecular weight excluding hydrogens is 418 g/mol. The van der Waals surface area contributed by atoms with Gasteiger partial charge in [-0.25, -0.2) is 4.98 Å². The molecule has 1 aromatic carbocycles. The molecule has 2 nitrogen and oxygen atoms in total. The highest BCUT2D eigenvalue weighted by Crippen LogP contribution is 2.31. The van der Waals surface area contributed by atoms with Crippen molar-refractivity contribution < 1.29 is 28.5 Å². The van der Waals surface area contributed by atoms with E-state index in [2.05, 4.69) is 16.7 Å². The van der Waals surface area contributed by atoms with E-state index in [-0.39, 0.29) is 24.0 Å². The lowest BCUT2D eigenvalue weighted by atomic mass is 10.0. The molecule has 0 spiro atoms. The van der Waals surface area contributed by atoms with Crippen LogP contribution in [0.25, 0.3) is 21.8 Å². The third-order valence-corrected chi connectivity index (χ3v) is 4.30. The van der Waals surface area contributed by atoms with E-state index >= 15 is 0 Å². The number of hydrogen-bond acceptors (Lipinski definition) is 1. The summed E-state index contributed by atoms with van der Waals surface area (Å²) in [6.07, 6.45) is 2.77. The second kappa shape index (κ2) is 6.63. The Labute approximate surface area is 151 Å². The molecule has 0 saturated heterocycles. The number of alkyl halides is 1. The number of fused-ring (bicyclic) bond motifs is 3. The quantitative estimate of drug-likeness (QED) is 0.255. The summed E-state index contributed by atoms with van der Waals surface area (Å²) in [4.78, 5) is 4.78. The Morgan fingerprint density at radius 1 is 1.24 bits per heavy atom. The molecule has 0 N–H and O–H groups in total. The molecule has 0 unspecified atom stereocenters. The van der Waals surface area contributed by atoms with Crippen LogP contribution in [0.15, 0.2) is 30.5 Å². The largest absolute Gasteiger partial charge is 1.00 e. The van der Waals surface area contributed by atoms with Gasteiger partial charge in [-0.3, -0.25) is 0 Å². The molecule has 2 aromatic heterocycles. The maximum atomic E-state index is 6.57. The fourth-order valence-corrected chi connectivity index (χ4v) is 3.26. The summed E-state index contributed by atoms with van der Waals surface area (Å²) in [7, 11) is 2.03. The van der Waals surface area contributed by atoms with Crippen molar-refractivity contribution >= 4 is 45.0 Å². The lowest BCUT2D eigenvalue weighted by Gasteiger charge is -2.10. The zero-order valence-corrected chi connectivity index (χ0v) is 15.5. The molecule has 0 saturated carbocycles. The molecule has 21 heavy (non-hydrogen) atoms. The SMILES string of the molecule is Cc1nc2c(ccc3ccc[n+](C)c32)c(Cl)c1CCCl.[I-]. The van der Waals surface area contributed by atoms with Gasteiger partial charge < -0.3 is 24.0 Å². The van der Waals surface area contributed by atoms with Gasteiger partial charge in [-0.2, -0.15) is 4.57 Å². The molecule has 3 aromatic rings.